The van der Waals surface area contributed by atoms with Gasteiger partial charge in [0.1, 0.15) is 17.1 Å². The Kier molecular flexibility index (Phi) is 6.23. The minimum atomic E-state index is -1.81. The number of hydrogen-bond donors (Lipinski definition) is 2. The molecule has 0 saturated carbocycles. The van der Waals surface area contributed by atoms with Gasteiger partial charge in [-0.05, 0) is 43.9 Å². The first-order valence-electron chi connectivity index (χ1n) is 12.4. The van der Waals surface area contributed by atoms with Gasteiger partial charge >= 0.3 is 6.09 Å². The van der Waals surface area contributed by atoms with E-state index >= 15 is 0 Å². The number of methoxy groups -OCH3 is 1. The van der Waals surface area contributed by atoms with Crippen LogP contribution in [0.5, 0.6) is 11.5 Å². The molecule has 1 heterocycles. The van der Waals surface area contributed by atoms with Gasteiger partial charge in [0.05, 0.1) is 24.9 Å². The predicted molar refractivity (Wildman–Crippen MR) is 146 cm³/mol. The van der Waals surface area contributed by atoms with Crippen LogP contribution in [0.25, 0.3) is 10.8 Å². The Morgan fingerprint density at radius 2 is 1.63 bits per heavy atom. The van der Waals surface area contributed by atoms with Gasteiger partial charge < -0.3 is 19.5 Å². The molecule has 4 aromatic carbocycles. The lowest BCUT2D eigenvalue weighted by molar-refractivity contribution is -0.123. The smallest absolute Gasteiger partial charge is 0.409 e. The van der Waals surface area contributed by atoms with Gasteiger partial charge in [0.25, 0.3) is 5.91 Å². The molecule has 1 aliphatic rings. The van der Waals surface area contributed by atoms with E-state index < -0.39 is 23.1 Å². The van der Waals surface area contributed by atoms with Crippen LogP contribution in [-0.4, -0.2) is 29.8 Å². The number of phenols is 1. The van der Waals surface area contributed by atoms with Crippen LogP contribution in [0.15, 0.2) is 84.9 Å². The zero-order chi connectivity index (χ0) is 27.1. The Hall–Kier alpha value is -4.52. The number of ether oxygens (including phenoxy) is 2. The molecule has 1 atom stereocenters. The second kappa shape index (κ2) is 9.41. The van der Waals surface area contributed by atoms with Crippen LogP contribution in [-0.2, 0) is 21.6 Å². The van der Waals surface area contributed by atoms with Crippen LogP contribution in [0.3, 0.4) is 0 Å². The van der Waals surface area contributed by atoms with Crippen molar-refractivity contribution >= 4 is 28.5 Å². The summed E-state index contributed by atoms with van der Waals surface area (Å²) in [6.07, 6.45) is -0.795. The van der Waals surface area contributed by atoms with Gasteiger partial charge in [-0.1, -0.05) is 72.8 Å². The number of benzene rings is 4. The van der Waals surface area contributed by atoms with E-state index in [2.05, 4.69) is 5.32 Å². The number of nitrogens with zero attached hydrogens (tertiary/aromatic N) is 1. The van der Waals surface area contributed by atoms with Crippen molar-refractivity contribution in [2.24, 2.45) is 0 Å². The Bertz CT molecular complexity index is 1530. The maximum atomic E-state index is 14.6. The Morgan fingerprint density at radius 1 is 0.974 bits per heavy atom. The number of hydrogen-bond acceptors (Lipinski definition) is 5. The van der Waals surface area contributed by atoms with Crippen LogP contribution in [0.2, 0.25) is 0 Å². The van der Waals surface area contributed by atoms with Crippen LogP contribution in [0.1, 0.15) is 37.5 Å². The molecular formula is C31H30N2O5. The largest absolute Gasteiger partial charge is 0.507 e. The lowest BCUT2D eigenvalue weighted by atomic mass is 9.81. The van der Waals surface area contributed by atoms with E-state index in [-0.39, 0.29) is 23.6 Å². The van der Waals surface area contributed by atoms with Gasteiger partial charge in [0.2, 0.25) is 0 Å². The molecule has 0 aromatic heterocycles. The topological polar surface area (TPSA) is 88.1 Å². The predicted octanol–water partition coefficient (Wildman–Crippen LogP) is 5.87. The fraction of sp³-hybridized carbons (Fsp3) is 0.226. The first-order valence-corrected chi connectivity index (χ1v) is 12.4. The van der Waals surface area contributed by atoms with Crippen LogP contribution in [0, 0.1) is 0 Å². The summed E-state index contributed by atoms with van der Waals surface area (Å²) in [7, 11) is 1.47. The summed E-state index contributed by atoms with van der Waals surface area (Å²) < 4.78 is 11.4. The van der Waals surface area contributed by atoms with E-state index in [0.29, 0.717) is 16.6 Å². The first-order chi connectivity index (χ1) is 18.2. The second-order valence-corrected chi connectivity index (χ2v) is 10.3. The third-order valence-electron chi connectivity index (χ3n) is 6.62. The van der Waals surface area contributed by atoms with Crippen molar-refractivity contribution in [1.29, 1.82) is 0 Å². The first kappa shape index (κ1) is 25.1. The highest BCUT2D eigenvalue weighted by atomic mass is 16.6. The van der Waals surface area contributed by atoms with Gasteiger partial charge in [-0.25, -0.2) is 4.79 Å². The lowest BCUT2D eigenvalue weighted by Gasteiger charge is -2.33. The van der Waals surface area contributed by atoms with Crippen molar-refractivity contribution in [2.75, 3.05) is 12.0 Å². The molecule has 0 unspecified atom stereocenters. The SMILES string of the molecule is COc1cc2ccccc2c(O)c1[C@]1(NC(=O)OC(C)(C)C)C(=O)N(Cc2ccccc2)c2ccccc21. The molecule has 0 bridgehead atoms. The highest BCUT2D eigenvalue weighted by Gasteiger charge is 2.56. The molecule has 38 heavy (non-hydrogen) atoms. The molecule has 0 radical (unpaired) electrons. The molecular weight excluding hydrogens is 480 g/mol. The lowest BCUT2D eigenvalue weighted by Crippen LogP contribution is -2.54. The number of aromatic hydroxyl groups is 1. The zero-order valence-electron chi connectivity index (χ0n) is 21.8. The number of alkyl carbamates (subject to hydrolysis) is 1. The number of para-hydroxylation sites is 1. The van der Waals surface area contributed by atoms with E-state index in [1.54, 1.807) is 56.0 Å². The molecule has 2 amide bonds. The van der Waals surface area contributed by atoms with Crippen LogP contribution in [0.4, 0.5) is 10.5 Å². The summed E-state index contributed by atoms with van der Waals surface area (Å²) in [5.41, 5.74) is -0.433. The van der Waals surface area contributed by atoms with Crippen molar-refractivity contribution in [3.63, 3.8) is 0 Å². The number of fused-ring (bicyclic) bond motifs is 2. The minimum absolute atomic E-state index is 0.151. The van der Waals surface area contributed by atoms with Crippen molar-refractivity contribution in [3.05, 3.63) is 102 Å². The zero-order valence-corrected chi connectivity index (χ0v) is 21.8. The quantitative estimate of drug-likeness (QED) is 0.351. The van der Waals surface area contributed by atoms with Crippen LogP contribution < -0.4 is 15.0 Å². The average molecular weight is 511 g/mol. The molecule has 1 aliphatic heterocycles. The molecule has 4 aromatic rings. The van der Waals surface area contributed by atoms with Crippen molar-refractivity contribution in [2.45, 2.75) is 38.5 Å². The fourth-order valence-electron chi connectivity index (χ4n) is 5.08. The van der Waals surface area contributed by atoms with Gasteiger partial charge in [0.15, 0.2) is 5.54 Å². The van der Waals surface area contributed by atoms with Gasteiger partial charge in [-0.2, -0.15) is 0 Å². The van der Waals surface area contributed by atoms with E-state index in [1.165, 1.54) is 7.11 Å². The molecule has 0 saturated heterocycles. The number of amides is 2. The third-order valence-corrected chi connectivity index (χ3v) is 6.62. The maximum absolute atomic E-state index is 14.6. The number of anilines is 1. The second-order valence-electron chi connectivity index (χ2n) is 10.3. The van der Waals surface area contributed by atoms with E-state index in [9.17, 15) is 14.7 Å². The molecule has 0 aliphatic carbocycles. The molecule has 0 spiro atoms. The molecule has 2 N–H and O–H groups in total. The summed E-state index contributed by atoms with van der Waals surface area (Å²) in [5.74, 6) is -0.319. The van der Waals surface area contributed by atoms with Gasteiger partial charge in [0, 0.05) is 10.9 Å². The Balaban J connectivity index is 1.79. The van der Waals surface area contributed by atoms with E-state index in [0.717, 1.165) is 10.9 Å². The highest BCUT2D eigenvalue weighted by molar-refractivity contribution is 6.13. The monoisotopic (exact) mass is 510 g/mol. The molecule has 194 valence electrons. The molecule has 0 fully saturated rings. The number of carbonyl (C=O) groups excluding carboxylic acids is 2. The van der Waals surface area contributed by atoms with Crippen LogP contribution >= 0.6 is 0 Å². The van der Waals surface area contributed by atoms with E-state index in [1.807, 2.05) is 54.6 Å². The van der Waals surface area contributed by atoms with Crippen molar-refractivity contribution in [3.8, 4) is 11.5 Å². The maximum Gasteiger partial charge on any atom is 0.409 e. The summed E-state index contributed by atoms with van der Waals surface area (Å²) >= 11 is 0. The van der Waals surface area contributed by atoms with Gasteiger partial charge in [-0.3, -0.25) is 10.1 Å². The molecule has 7 nitrogen and oxygen atoms in total. The summed E-state index contributed by atoms with van der Waals surface area (Å²) in [5, 5.41) is 15.8. The number of phenolic OH excluding ortho intramolecular Hbond substituents is 1. The number of rotatable bonds is 5. The minimum Gasteiger partial charge on any atom is -0.507 e. The fourth-order valence-corrected chi connectivity index (χ4v) is 5.08. The van der Waals surface area contributed by atoms with Crippen molar-refractivity contribution < 1.29 is 24.2 Å². The normalized spacial score (nSPS) is 16.8. The summed E-state index contributed by atoms with van der Waals surface area (Å²) in [6.45, 7) is 5.52. The standard InChI is InChI=1S/C31H30N2O5/c1-30(2,3)38-29(36)32-31(26-25(37-4)18-21-14-8-9-15-22(21)27(26)34)23-16-10-11-17-24(23)33(28(31)35)19-20-12-6-5-7-13-20/h5-18,34H,19H2,1-4H3,(H,32,36)/t31-/m0/s1. The molecule has 5 rings (SSSR count). The highest BCUT2D eigenvalue weighted by Crippen LogP contribution is 2.52. The van der Waals surface area contributed by atoms with Gasteiger partial charge in [-0.15, -0.1) is 0 Å². The summed E-state index contributed by atoms with van der Waals surface area (Å²) in [6, 6.07) is 25.9. The number of nitrogens with one attached hydrogen (secondary N) is 1. The summed E-state index contributed by atoms with van der Waals surface area (Å²) in [4.78, 5) is 29.6. The Morgan fingerprint density at radius 3 is 2.34 bits per heavy atom. The third kappa shape index (κ3) is 4.20. The number of carbonyl (C=O) groups is 2. The van der Waals surface area contributed by atoms with Crippen molar-refractivity contribution in [1.82, 2.24) is 5.32 Å². The van der Waals surface area contributed by atoms with E-state index in [4.69, 9.17) is 9.47 Å². The Labute approximate surface area is 221 Å². The molecule has 7 heteroatoms. The average Bonchev–Trinajstić information content (AvgIpc) is 3.11.